The molecule has 7 heteroatoms. The summed E-state index contributed by atoms with van der Waals surface area (Å²) in [6.45, 7) is -0.400. The van der Waals surface area contributed by atoms with E-state index in [1.807, 2.05) is 47.8 Å². The van der Waals surface area contributed by atoms with Crippen LogP contribution >= 0.6 is 11.3 Å². The number of benzene rings is 2. The molecule has 0 spiro atoms. The molecule has 0 unspecified atom stereocenters. The highest BCUT2D eigenvalue weighted by molar-refractivity contribution is 7.10. The van der Waals surface area contributed by atoms with Crippen LogP contribution in [-0.2, 0) is 9.53 Å². The maximum Gasteiger partial charge on any atom is 0.342 e. The molecule has 0 bridgehead atoms. The third-order valence-electron chi connectivity index (χ3n) is 4.23. The Hall–Kier alpha value is -3.32. The van der Waals surface area contributed by atoms with Crippen molar-refractivity contribution in [2.24, 2.45) is 0 Å². The predicted molar refractivity (Wildman–Crippen MR) is 111 cm³/mol. The summed E-state index contributed by atoms with van der Waals surface area (Å²) < 4.78 is 15.5. The number of hydrogen-bond acceptors (Lipinski definition) is 6. The van der Waals surface area contributed by atoms with E-state index in [2.05, 4.69) is 5.32 Å². The molecule has 0 aliphatic rings. The second-order valence-electron chi connectivity index (χ2n) is 6.07. The Morgan fingerprint density at radius 1 is 1.00 bits per heavy atom. The van der Waals surface area contributed by atoms with E-state index >= 15 is 0 Å². The van der Waals surface area contributed by atoms with Gasteiger partial charge < -0.3 is 19.5 Å². The van der Waals surface area contributed by atoms with Crippen LogP contribution in [0.2, 0.25) is 0 Å². The quantitative estimate of drug-likeness (QED) is 0.571. The van der Waals surface area contributed by atoms with E-state index in [1.165, 1.54) is 20.3 Å². The number of ether oxygens (including phenoxy) is 3. The molecule has 29 heavy (non-hydrogen) atoms. The summed E-state index contributed by atoms with van der Waals surface area (Å²) in [5.74, 6) is -0.173. The summed E-state index contributed by atoms with van der Waals surface area (Å²) in [5, 5.41) is 4.88. The van der Waals surface area contributed by atoms with Gasteiger partial charge in [0.15, 0.2) is 6.61 Å². The summed E-state index contributed by atoms with van der Waals surface area (Å²) in [6, 6.07) is 18.0. The van der Waals surface area contributed by atoms with Crippen molar-refractivity contribution >= 4 is 23.2 Å². The van der Waals surface area contributed by atoms with Crippen LogP contribution in [0.1, 0.15) is 26.8 Å². The Kier molecular flexibility index (Phi) is 6.86. The van der Waals surface area contributed by atoms with Crippen molar-refractivity contribution in [3.63, 3.8) is 0 Å². The number of nitrogens with one attached hydrogen (secondary N) is 1. The van der Waals surface area contributed by atoms with Gasteiger partial charge in [0.1, 0.15) is 17.1 Å². The molecule has 6 nitrogen and oxygen atoms in total. The van der Waals surface area contributed by atoms with Crippen molar-refractivity contribution in [1.82, 2.24) is 5.32 Å². The zero-order chi connectivity index (χ0) is 20.6. The van der Waals surface area contributed by atoms with E-state index in [1.54, 1.807) is 23.5 Å². The zero-order valence-corrected chi connectivity index (χ0v) is 16.9. The molecule has 150 valence electrons. The van der Waals surface area contributed by atoms with Crippen molar-refractivity contribution in [2.75, 3.05) is 20.8 Å². The van der Waals surface area contributed by atoms with Gasteiger partial charge in [0, 0.05) is 10.9 Å². The fourth-order valence-electron chi connectivity index (χ4n) is 2.80. The fourth-order valence-corrected chi connectivity index (χ4v) is 3.60. The number of methoxy groups -OCH3 is 2. The van der Waals surface area contributed by atoms with Crippen LogP contribution in [0.3, 0.4) is 0 Å². The van der Waals surface area contributed by atoms with E-state index in [0.717, 1.165) is 10.4 Å². The van der Waals surface area contributed by atoms with E-state index in [-0.39, 0.29) is 11.6 Å². The first-order valence-corrected chi connectivity index (χ1v) is 9.77. The average molecular weight is 411 g/mol. The normalized spacial score (nSPS) is 11.4. The standard InChI is InChI=1S/C22H21NO5S/c1-26-16-10-11-17(18(13-16)27-2)22(25)28-14-20(24)23-21(19-9-6-12-29-19)15-7-4-3-5-8-15/h3-13,21H,14H2,1-2H3,(H,23,24)/t21-/m0/s1. The van der Waals surface area contributed by atoms with E-state index in [9.17, 15) is 9.59 Å². The number of esters is 1. The monoisotopic (exact) mass is 411 g/mol. The Morgan fingerprint density at radius 2 is 1.79 bits per heavy atom. The van der Waals surface area contributed by atoms with Gasteiger partial charge in [-0.2, -0.15) is 0 Å². The molecule has 2 aromatic carbocycles. The minimum Gasteiger partial charge on any atom is -0.497 e. The first-order chi connectivity index (χ1) is 14.1. The smallest absolute Gasteiger partial charge is 0.342 e. The van der Waals surface area contributed by atoms with Gasteiger partial charge in [-0.1, -0.05) is 36.4 Å². The summed E-state index contributed by atoms with van der Waals surface area (Å²) >= 11 is 1.55. The van der Waals surface area contributed by atoms with Gasteiger partial charge in [-0.15, -0.1) is 11.3 Å². The van der Waals surface area contributed by atoms with Gasteiger partial charge in [-0.25, -0.2) is 4.79 Å². The van der Waals surface area contributed by atoms with Crippen LogP contribution in [0.25, 0.3) is 0 Å². The van der Waals surface area contributed by atoms with Gasteiger partial charge in [0.25, 0.3) is 5.91 Å². The van der Waals surface area contributed by atoms with Crippen LogP contribution < -0.4 is 14.8 Å². The Balaban J connectivity index is 1.66. The molecule has 0 aliphatic carbocycles. The van der Waals surface area contributed by atoms with Gasteiger partial charge in [-0.05, 0) is 29.1 Å². The highest BCUT2D eigenvalue weighted by Crippen LogP contribution is 2.27. The predicted octanol–water partition coefficient (Wildman–Crippen LogP) is 3.83. The van der Waals surface area contributed by atoms with Crippen molar-refractivity contribution in [3.05, 3.63) is 82.0 Å². The summed E-state index contributed by atoms with van der Waals surface area (Å²) in [4.78, 5) is 25.9. The zero-order valence-electron chi connectivity index (χ0n) is 16.1. The van der Waals surface area contributed by atoms with Crippen LogP contribution in [-0.4, -0.2) is 32.7 Å². The van der Waals surface area contributed by atoms with Crippen LogP contribution in [0, 0.1) is 0 Å². The molecule has 1 heterocycles. The lowest BCUT2D eigenvalue weighted by Crippen LogP contribution is -2.32. The van der Waals surface area contributed by atoms with Crippen molar-refractivity contribution in [1.29, 1.82) is 0 Å². The molecule has 1 aromatic heterocycles. The number of carbonyl (C=O) groups is 2. The molecule has 0 aliphatic heterocycles. The highest BCUT2D eigenvalue weighted by Gasteiger charge is 2.20. The fraction of sp³-hybridized carbons (Fsp3) is 0.182. The number of carbonyl (C=O) groups excluding carboxylic acids is 2. The first kappa shape index (κ1) is 20.4. The SMILES string of the molecule is COc1ccc(C(=O)OCC(=O)N[C@@H](c2ccccc2)c2cccs2)c(OC)c1. The van der Waals surface area contributed by atoms with Gasteiger partial charge >= 0.3 is 5.97 Å². The summed E-state index contributed by atoms with van der Waals surface area (Å²) in [7, 11) is 2.97. The maximum atomic E-state index is 12.5. The first-order valence-electron chi connectivity index (χ1n) is 8.89. The number of rotatable bonds is 8. The molecule has 0 fully saturated rings. The minimum absolute atomic E-state index is 0.221. The molecular formula is C22H21NO5S. The van der Waals surface area contributed by atoms with Crippen molar-refractivity contribution in [2.45, 2.75) is 6.04 Å². The molecule has 1 amide bonds. The largest absolute Gasteiger partial charge is 0.497 e. The Labute approximate surface area is 173 Å². The molecule has 0 radical (unpaired) electrons. The van der Waals surface area contributed by atoms with E-state index < -0.39 is 18.5 Å². The number of hydrogen-bond donors (Lipinski definition) is 1. The second kappa shape index (κ2) is 9.75. The van der Waals surface area contributed by atoms with Gasteiger partial charge in [-0.3, -0.25) is 4.79 Å². The topological polar surface area (TPSA) is 73.9 Å². The van der Waals surface area contributed by atoms with Crippen LogP contribution in [0.15, 0.2) is 66.0 Å². The maximum absolute atomic E-state index is 12.5. The lowest BCUT2D eigenvalue weighted by Gasteiger charge is -2.18. The highest BCUT2D eigenvalue weighted by atomic mass is 32.1. The third kappa shape index (κ3) is 5.14. The van der Waals surface area contributed by atoms with Crippen molar-refractivity contribution < 1.29 is 23.8 Å². The van der Waals surface area contributed by atoms with E-state index in [0.29, 0.717) is 11.5 Å². The van der Waals surface area contributed by atoms with E-state index in [4.69, 9.17) is 14.2 Å². The minimum atomic E-state index is -0.646. The van der Waals surface area contributed by atoms with Crippen molar-refractivity contribution in [3.8, 4) is 11.5 Å². The lowest BCUT2D eigenvalue weighted by molar-refractivity contribution is -0.124. The Bertz CT molecular complexity index is 957. The second-order valence-corrected chi connectivity index (χ2v) is 7.05. The number of amides is 1. The van der Waals surface area contributed by atoms with Crippen LogP contribution in [0.5, 0.6) is 11.5 Å². The molecule has 1 N–H and O–H groups in total. The lowest BCUT2D eigenvalue weighted by atomic mass is 10.1. The van der Waals surface area contributed by atoms with Gasteiger partial charge in [0.2, 0.25) is 0 Å². The molecule has 0 saturated carbocycles. The third-order valence-corrected chi connectivity index (χ3v) is 5.17. The molecular weight excluding hydrogens is 390 g/mol. The summed E-state index contributed by atoms with van der Waals surface area (Å²) in [5.41, 5.74) is 1.17. The molecule has 3 aromatic rings. The molecule has 0 saturated heterocycles. The Morgan fingerprint density at radius 3 is 2.45 bits per heavy atom. The molecule has 3 rings (SSSR count). The summed E-state index contributed by atoms with van der Waals surface area (Å²) in [6.07, 6.45) is 0. The average Bonchev–Trinajstić information content (AvgIpc) is 3.30. The number of thiophene rings is 1. The van der Waals surface area contributed by atoms with Crippen LogP contribution in [0.4, 0.5) is 0 Å². The molecule has 1 atom stereocenters. The van der Waals surface area contributed by atoms with Gasteiger partial charge in [0.05, 0.1) is 20.3 Å².